The van der Waals surface area contributed by atoms with Crippen molar-refractivity contribution in [2.24, 2.45) is 23.7 Å². The highest BCUT2D eigenvalue weighted by Gasteiger charge is 2.51. The van der Waals surface area contributed by atoms with Gasteiger partial charge in [0.25, 0.3) is 0 Å². The molecule has 0 saturated heterocycles. The number of carbonyl (C=O) groups excluding carboxylic acids is 1. The molecule has 5 heteroatoms. The van der Waals surface area contributed by atoms with E-state index in [0.29, 0.717) is 11.8 Å². The first-order valence-electron chi connectivity index (χ1n) is 8.38. The highest BCUT2D eigenvalue weighted by Crippen LogP contribution is 2.48. The molecule has 4 unspecified atom stereocenters. The van der Waals surface area contributed by atoms with E-state index in [-0.39, 0.29) is 23.9 Å². The van der Waals surface area contributed by atoms with Crippen LogP contribution in [0.1, 0.15) is 45.4 Å². The molecule has 0 spiro atoms. The minimum Gasteiger partial charge on any atom is -0.481 e. The molecule has 0 heterocycles. The summed E-state index contributed by atoms with van der Waals surface area (Å²) in [7, 11) is 0. The second-order valence-electron chi connectivity index (χ2n) is 7.06. The van der Waals surface area contributed by atoms with Gasteiger partial charge in [-0.1, -0.05) is 6.92 Å². The van der Waals surface area contributed by atoms with Gasteiger partial charge >= 0.3 is 12.0 Å². The van der Waals surface area contributed by atoms with Gasteiger partial charge in [-0.15, -0.1) is 0 Å². The first-order chi connectivity index (χ1) is 10.1. The van der Waals surface area contributed by atoms with Crippen molar-refractivity contribution in [1.29, 1.82) is 0 Å². The molecule has 0 aromatic carbocycles. The van der Waals surface area contributed by atoms with Gasteiger partial charge in [0.05, 0.1) is 5.92 Å². The standard InChI is InChI=1S/C16H26N2O3/c1-2-7-18(9-10-3-4-10)16(21)17-14-12-6-5-11(8-12)13(14)15(19)20/h10-14H,2-9H2,1H3,(H,17,21)(H,19,20). The minimum atomic E-state index is -0.739. The summed E-state index contributed by atoms with van der Waals surface area (Å²) >= 11 is 0. The Kier molecular flexibility index (Phi) is 4.09. The first kappa shape index (κ1) is 14.7. The number of carboxylic acids is 1. The lowest BCUT2D eigenvalue weighted by Crippen LogP contribution is -2.52. The molecule has 21 heavy (non-hydrogen) atoms. The van der Waals surface area contributed by atoms with Crippen LogP contribution in [0, 0.1) is 23.7 Å². The number of hydrogen-bond acceptors (Lipinski definition) is 2. The number of fused-ring (bicyclic) bond motifs is 2. The minimum absolute atomic E-state index is 0.0486. The van der Waals surface area contributed by atoms with Crippen LogP contribution in [-0.2, 0) is 4.79 Å². The third-order valence-corrected chi connectivity index (χ3v) is 5.45. The van der Waals surface area contributed by atoms with Crippen LogP contribution < -0.4 is 5.32 Å². The molecule has 3 saturated carbocycles. The Balaban J connectivity index is 1.63. The maximum atomic E-state index is 12.5. The molecule has 3 aliphatic rings. The van der Waals surface area contributed by atoms with E-state index < -0.39 is 5.97 Å². The summed E-state index contributed by atoms with van der Waals surface area (Å²) in [4.78, 5) is 25.9. The van der Waals surface area contributed by atoms with Crippen molar-refractivity contribution < 1.29 is 14.7 Å². The fraction of sp³-hybridized carbons (Fsp3) is 0.875. The average molecular weight is 294 g/mol. The number of aliphatic carboxylic acids is 1. The molecule has 3 aliphatic carbocycles. The van der Waals surface area contributed by atoms with E-state index in [1.165, 1.54) is 12.8 Å². The Labute approximate surface area is 126 Å². The zero-order chi connectivity index (χ0) is 15.0. The van der Waals surface area contributed by atoms with Crippen LogP contribution in [0.25, 0.3) is 0 Å². The Morgan fingerprint density at radius 3 is 2.52 bits per heavy atom. The third kappa shape index (κ3) is 3.01. The van der Waals surface area contributed by atoms with Crippen LogP contribution in [-0.4, -0.2) is 41.1 Å². The van der Waals surface area contributed by atoms with Crippen molar-refractivity contribution in [3.8, 4) is 0 Å². The van der Waals surface area contributed by atoms with Crippen LogP contribution in [0.15, 0.2) is 0 Å². The van der Waals surface area contributed by atoms with Gasteiger partial charge in [-0.25, -0.2) is 4.79 Å². The second kappa shape index (κ2) is 5.85. The van der Waals surface area contributed by atoms with Crippen LogP contribution in [0.2, 0.25) is 0 Å². The van der Waals surface area contributed by atoms with Crippen LogP contribution >= 0.6 is 0 Å². The molecule has 3 fully saturated rings. The van der Waals surface area contributed by atoms with Gasteiger partial charge in [-0.3, -0.25) is 4.79 Å². The Bertz CT molecular complexity index is 422. The Morgan fingerprint density at radius 1 is 1.19 bits per heavy atom. The van der Waals surface area contributed by atoms with Gasteiger partial charge in [0, 0.05) is 19.1 Å². The van der Waals surface area contributed by atoms with E-state index >= 15 is 0 Å². The number of nitrogens with one attached hydrogen (secondary N) is 1. The summed E-state index contributed by atoms with van der Waals surface area (Å²) in [6.45, 7) is 3.67. The number of amides is 2. The molecule has 2 amide bonds. The molecule has 4 atom stereocenters. The number of urea groups is 1. The lowest BCUT2D eigenvalue weighted by atomic mass is 9.84. The maximum absolute atomic E-state index is 12.5. The molecule has 118 valence electrons. The lowest BCUT2D eigenvalue weighted by molar-refractivity contribution is -0.144. The quantitative estimate of drug-likeness (QED) is 0.790. The third-order valence-electron chi connectivity index (χ3n) is 5.45. The average Bonchev–Trinajstić information content (AvgIpc) is 3.03. The highest BCUT2D eigenvalue weighted by atomic mass is 16.4. The summed E-state index contributed by atoms with van der Waals surface area (Å²) < 4.78 is 0. The molecule has 0 aromatic rings. The molecule has 0 aliphatic heterocycles. The molecular formula is C16H26N2O3. The first-order valence-corrected chi connectivity index (χ1v) is 8.38. The monoisotopic (exact) mass is 294 g/mol. The fourth-order valence-corrected chi connectivity index (χ4v) is 4.25. The van der Waals surface area contributed by atoms with Gasteiger partial charge in [-0.2, -0.15) is 0 Å². The van der Waals surface area contributed by atoms with Crippen molar-refractivity contribution in [3.63, 3.8) is 0 Å². The Morgan fingerprint density at radius 2 is 1.90 bits per heavy atom. The van der Waals surface area contributed by atoms with Gasteiger partial charge in [0.1, 0.15) is 0 Å². The van der Waals surface area contributed by atoms with Crippen molar-refractivity contribution in [2.45, 2.75) is 51.5 Å². The Hall–Kier alpha value is -1.26. The second-order valence-corrected chi connectivity index (χ2v) is 7.06. The zero-order valence-electron chi connectivity index (χ0n) is 12.8. The normalized spacial score (nSPS) is 34.0. The maximum Gasteiger partial charge on any atom is 0.317 e. The predicted octanol–water partition coefficient (Wildman–Crippen LogP) is 2.32. The topological polar surface area (TPSA) is 69.6 Å². The molecular weight excluding hydrogens is 268 g/mol. The van der Waals surface area contributed by atoms with Gasteiger partial charge < -0.3 is 15.3 Å². The van der Waals surface area contributed by atoms with Crippen molar-refractivity contribution in [3.05, 3.63) is 0 Å². The van der Waals surface area contributed by atoms with E-state index in [1.807, 2.05) is 4.90 Å². The molecule has 2 N–H and O–H groups in total. The largest absolute Gasteiger partial charge is 0.481 e. The number of nitrogens with zero attached hydrogens (tertiary/aromatic N) is 1. The van der Waals surface area contributed by atoms with E-state index in [1.54, 1.807) is 0 Å². The molecule has 2 bridgehead atoms. The summed E-state index contributed by atoms with van der Waals surface area (Å²) in [6, 6.07) is -0.208. The predicted molar refractivity (Wildman–Crippen MR) is 78.9 cm³/mol. The number of carboxylic acid groups (broad SMARTS) is 1. The number of carbonyl (C=O) groups is 2. The number of rotatable bonds is 6. The molecule has 0 radical (unpaired) electrons. The summed E-state index contributed by atoms with van der Waals surface area (Å²) in [5.41, 5.74) is 0. The molecule has 0 aromatic heterocycles. The van der Waals surface area contributed by atoms with E-state index in [2.05, 4.69) is 12.2 Å². The highest BCUT2D eigenvalue weighted by molar-refractivity contribution is 5.77. The van der Waals surface area contributed by atoms with Crippen LogP contribution in [0.4, 0.5) is 4.79 Å². The van der Waals surface area contributed by atoms with Gasteiger partial charge in [-0.05, 0) is 56.3 Å². The summed E-state index contributed by atoms with van der Waals surface area (Å²) in [5, 5.41) is 12.5. The van der Waals surface area contributed by atoms with Crippen molar-refractivity contribution in [2.75, 3.05) is 13.1 Å². The fourth-order valence-electron chi connectivity index (χ4n) is 4.25. The van der Waals surface area contributed by atoms with Gasteiger partial charge in [0.2, 0.25) is 0 Å². The van der Waals surface area contributed by atoms with Gasteiger partial charge in [0.15, 0.2) is 0 Å². The number of hydrogen-bond donors (Lipinski definition) is 2. The summed E-state index contributed by atoms with van der Waals surface area (Å²) in [6.07, 6.45) is 6.43. The van der Waals surface area contributed by atoms with E-state index in [0.717, 1.165) is 38.8 Å². The molecule has 5 nitrogen and oxygen atoms in total. The summed E-state index contributed by atoms with van der Waals surface area (Å²) in [5.74, 6) is 0.178. The van der Waals surface area contributed by atoms with E-state index in [9.17, 15) is 14.7 Å². The zero-order valence-corrected chi connectivity index (χ0v) is 12.8. The van der Waals surface area contributed by atoms with Crippen LogP contribution in [0.5, 0.6) is 0 Å². The van der Waals surface area contributed by atoms with Crippen molar-refractivity contribution >= 4 is 12.0 Å². The molecule has 3 rings (SSSR count). The SMILES string of the molecule is CCCN(CC1CC1)C(=O)NC1C2CCC(C2)C1C(=O)O. The van der Waals surface area contributed by atoms with E-state index in [4.69, 9.17) is 0 Å². The lowest BCUT2D eigenvalue weighted by Gasteiger charge is -2.32. The van der Waals surface area contributed by atoms with Crippen molar-refractivity contribution in [1.82, 2.24) is 10.2 Å². The van der Waals surface area contributed by atoms with Crippen LogP contribution in [0.3, 0.4) is 0 Å². The smallest absolute Gasteiger partial charge is 0.317 e.